The minimum atomic E-state index is -0.0438. The smallest absolute Gasteiger partial charge is 0.253 e. The molecule has 202 valence electrons. The third-order valence-electron chi connectivity index (χ3n) is 6.58. The summed E-state index contributed by atoms with van der Waals surface area (Å²) < 4.78 is 16.6. The number of hydrogen-bond donors (Lipinski definition) is 1. The highest BCUT2D eigenvalue weighted by Gasteiger charge is 2.24. The Morgan fingerprint density at radius 2 is 1.62 bits per heavy atom. The highest BCUT2D eigenvalue weighted by molar-refractivity contribution is 6.35. The molecule has 0 atom stereocenters. The van der Waals surface area contributed by atoms with Crippen molar-refractivity contribution in [3.63, 3.8) is 0 Å². The van der Waals surface area contributed by atoms with Crippen molar-refractivity contribution in [3.05, 3.63) is 75.8 Å². The molecule has 1 amide bonds. The highest BCUT2D eigenvalue weighted by atomic mass is 35.5. The van der Waals surface area contributed by atoms with Gasteiger partial charge in [-0.2, -0.15) is 4.98 Å². The van der Waals surface area contributed by atoms with Gasteiger partial charge in [-0.25, -0.2) is 4.98 Å². The van der Waals surface area contributed by atoms with Crippen molar-refractivity contribution in [2.45, 2.75) is 6.61 Å². The van der Waals surface area contributed by atoms with Gasteiger partial charge < -0.3 is 29.7 Å². The first-order valence-electron chi connectivity index (χ1n) is 12.3. The average Bonchev–Trinajstić information content (AvgIpc) is 2.96. The Morgan fingerprint density at radius 1 is 0.923 bits per heavy atom. The molecule has 0 bridgehead atoms. The van der Waals surface area contributed by atoms with Crippen LogP contribution >= 0.6 is 23.2 Å². The van der Waals surface area contributed by atoms with Gasteiger partial charge in [-0.15, -0.1) is 0 Å². The minimum Gasteiger partial charge on any atom is -0.493 e. The lowest BCUT2D eigenvalue weighted by Crippen LogP contribution is -2.49. The fourth-order valence-electron chi connectivity index (χ4n) is 4.39. The van der Waals surface area contributed by atoms with Crippen LogP contribution in [0, 0.1) is 0 Å². The summed E-state index contributed by atoms with van der Waals surface area (Å²) in [4.78, 5) is 26.2. The number of amides is 1. The summed E-state index contributed by atoms with van der Waals surface area (Å²) in [5.74, 6) is 2.59. The van der Waals surface area contributed by atoms with E-state index in [0.29, 0.717) is 88.3 Å². The zero-order valence-corrected chi connectivity index (χ0v) is 23.0. The third kappa shape index (κ3) is 5.74. The number of methoxy groups -OCH3 is 2. The number of carbonyl (C=O) groups is 1. The van der Waals surface area contributed by atoms with Gasteiger partial charge in [0.05, 0.1) is 19.7 Å². The second-order valence-corrected chi connectivity index (χ2v) is 9.80. The standard InChI is InChI=1S/C28H27Cl2N5O4/c1-37-24-14-21-23(15-25(24)38-2)32-28(33-26(21)31)35-11-9-34(10-12-35)27(36)17-4-7-20(8-5-17)39-16-18-3-6-19(29)13-22(18)30/h3-8,13-15H,9-12,16H2,1-2H3,(H2,31,32,33). The van der Waals surface area contributed by atoms with Gasteiger partial charge in [0.15, 0.2) is 11.5 Å². The van der Waals surface area contributed by atoms with Crippen LogP contribution in [0.4, 0.5) is 11.8 Å². The number of carbonyl (C=O) groups excluding carboxylic acids is 1. The zero-order chi connectivity index (χ0) is 27.5. The second kappa shape index (κ2) is 11.4. The lowest BCUT2D eigenvalue weighted by atomic mass is 10.1. The minimum absolute atomic E-state index is 0.0438. The van der Waals surface area contributed by atoms with Gasteiger partial charge in [0, 0.05) is 58.8 Å². The van der Waals surface area contributed by atoms with Gasteiger partial charge in [0.25, 0.3) is 5.91 Å². The lowest BCUT2D eigenvalue weighted by molar-refractivity contribution is 0.0746. The van der Waals surface area contributed by atoms with E-state index in [-0.39, 0.29) is 5.91 Å². The fraction of sp³-hybridized carbons (Fsp3) is 0.250. The van der Waals surface area contributed by atoms with Crippen LogP contribution in [0.5, 0.6) is 17.2 Å². The van der Waals surface area contributed by atoms with Gasteiger partial charge in [-0.1, -0.05) is 29.3 Å². The van der Waals surface area contributed by atoms with E-state index in [4.69, 9.17) is 48.1 Å². The quantitative estimate of drug-likeness (QED) is 0.330. The largest absolute Gasteiger partial charge is 0.493 e. The molecule has 9 nitrogen and oxygen atoms in total. The Balaban J connectivity index is 1.21. The second-order valence-electron chi connectivity index (χ2n) is 8.96. The molecule has 11 heteroatoms. The molecule has 4 aromatic rings. The number of piperazine rings is 1. The molecule has 0 spiro atoms. The molecule has 1 saturated heterocycles. The molecule has 39 heavy (non-hydrogen) atoms. The summed E-state index contributed by atoms with van der Waals surface area (Å²) in [6.45, 7) is 2.51. The SMILES string of the molecule is COc1cc2nc(N3CCN(C(=O)c4ccc(OCc5ccc(Cl)cc5Cl)cc4)CC3)nc(N)c2cc1OC. The Kier molecular flexibility index (Phi) is 7.81. The summed E-state index contributed by atoms with van der Waals surface area (Å²) >= 11 is 12.2. The number of anilines is 2. The maximum absolute atomic E-state index is 13.1. The van der Waals surface area contributed by atoms with E-state index in [1.807, 2.05) is 15.9 Å². The predicted octanol–water partition coefficient (Wildman–Crippen LogP) is 5.08. The molecular formula is C28H27Cl2N5O4. The van der Waals surface area contributed by atoms with Crippen molar-refractivity contribution in [3.8, 4) is 17.2 Å². The lowest BCUT2D eigenvalue weighted by Gasteiger charge is -2.35. The normalized spacial score (nSPS) is 13.4. The summed E-state index contributed by atoms with van der Waals surface area (Å²) in [5.41, 5.74) is 8.33. The van der Waals surface area contributed by atoms with E-state index >= 15 is 0 Å². The van der Waals surface area contributed by atoms with Crippen molar-refractivity contribution in [1.82, 2.24) is 14.9 Å². The van der Waals surface area contributed by atoms with Crippen LogP contribution in [-0.4, -0.2) is 61.2 Å². The molecule has 0 radical (unpaired) electrons. The number of ether oxygens (including phenoxy) is 3. The Morgan fingerprint density at radius 3 is 2.28 bits per heavy atom. The topological polar surface area (TPSA) is 103 Å². The Labute approximate surface area is 236 Å². The number of benzene rings is 3. The van der Waals surface area contributed by atoms with Gasteiger partial charge in [0.1, 0.15) is 18.2 Å². The molecule has 5 rings (SSSR count). The van der Waals surface area contributed by atoms with Crippen LogP contribution in [0.1, 0.15) is 15.9 Å². The Hall–Kier alpha value is -3.95. The number of nitrogen functional groups attached to an aromatic ring is 1. The van der Waals surface area contributed by atoms with E-state index in [9.17, 15) is 4.79 Å². The molecule has 1 fully saturated rings. The average molecular weight is 568 g/mol. The monoisotopic (exact) mass is 567 g/mol. The number of nitrogens with zero attached hydrogens (tertiary/aromatic N) is 4. The highest BCUT2D eigenvalue weighted by Crippen LogP contribution is 2.34. The van der Waals surface area contributed by atoms with Crippen LogP contribution < -0.4 is 24.8 Å². The van der Waals surface area contributed by atoms with Gasteiger partial charge in [0.2, 0.25) is 5.95 Å². The number of aromatic nitrogens is 2. The number of rotatable bonds is 7. The molecule has 3 aromatic carbocycles. The first-order valence-corrected chi connectivity index (χ1v) is 13.0. The van der Waals surface area contributed by atoms with Crippen LogP contribution in [0.25, 0.3) is 10.9 Å². The van der Waals surface area contributed by atoms with Crippen molar-refractivity contribution >= 4 is 51.8 Å². The fourth-order valence-corrected chi connectivity index (χ4v) is 4.86. The molecule has 1 aliphatic heterocycles. The summed E-state index contributed by atoms with van der Waals surface area (Å²) in [7, 11) is 3.14. The van der Waals surface area contributed by atoms with Crippen molar-refractivity contribution in [2.75, 3.05) is 51.0 Å². The van der Waals surface area contributed by atoms with Gasteiger partial charge >= 0.3 is 0 Å². The van der Waals surface area contributed by atoms with E-state index in [1.54, 1.807) is 62.8 Å². The molecule has 1 aliphatic rings. The van der Waals surface area contributed by atoms with Crippen molar-refractivity contribution in [1.29, 1.82) is 0 Å². The summed E-state index contributed by atoms with van der Waals surface area (Å²) in [6.07, 6.45) is 0. The maximum atomic E-state index is 13.1. The summed E-state index contributed by atoms with van der Waals surface area (Å²) in [6, 6.07) is 15.9. The van der Waals surface area contributed by atoms with E-state index in [2.05, 4.69) is 4.98 Å². The maximum Gasteiger partial charge on any atom is 0.253 e. The molecule has 1 aromatic heterocycles. The van der Waals surface area contributed by atoms with Crippen molar-refractivity contribution < 1.29 is 19.0 Å². The molecule has 2 N–H and O–H groups in total. The van der Waals surface area contributed by atoms with Crippen LogP contribution in [0.2, 0.25) is 10.0 Å². The molecule has 2 heterocycles. The molecule has 0 saturated carbocycles. The van der Waals surface area contributed by atoms with E-state index < -0.39 is 0 Å². The van der Waals surface area contributed by atoms with Crippen LogP contribution in [0.3, 0.4) is 0 Å². The predicted molar refractivity (Wildman–Crippen MR) is 152 cm³/mol. The number of halogens is 2. The first kappa shape index (κ1) is 26.6. The Bertz CT molecular complexity index is 1510. The van der Waals surface area contributed by atoms with E-state index in [1.165, 1.54) is 0 Å². The van der Waals surface area contributed by atoms with E-state index in [0.717, 1.165) is 5.56 Å². The van der Waals surface area contributed by atoms with Crippen molar-refractivity contribution in [2.24, 2.45) is 0 Å². The number of nitrogens with two attached hydrogens (primary N) is 1. The molecule has 0 aliphatic carbocycles. The first-order chi connectivity index (χ1) is 18.9. The third-order valence-corrected chi connectivity index (χ3v) is 7.17. The zero-order valence-electron chi connectivity index (χ0n) is 21.5. The number of fused-ring (bicyclic) bond motifs is 1. The van der Waals surface area contributed by atoms with Crippen LogP contribution in [-0.2, 0) is 6.61 Å². The van der Waals surface area contributed by atoms with Gasteiger partial charge in [-0.05, 0) is 42.5 Å². The number of hydrogen-bond acceptors (Lipinski definition) is 8. The summed E-state index contributed by atoms with van der Waals surface area (Å²) in [5, 5.41) is 1.81. The molecule has 0 unspecified atom stereocenters. The van der Waals surface area contributed by atoms with Crippen LogP contribution in [0.15, 0.2) is 54.6 Å². The molecular weight excluding hydrogens is 541 g/mol. The van der Waals surface area contributed by atoms with Gasteiger partial charge in [-0.3, -0.25) is 4.79 Å².